The zero-order valence-electron chi connectivity index (χ0n) is 11.8. The number of aliphatic hydroxyl groups excluding tert-OH is 2. The molecule has 0 saturated heterocycles. The lowest BCUT2D eigenvalue weighted by atomic mass is 10.2. The maximum Gasteiger partial charge on any atom is 0.0701 e. The van der Waals surface area contributed by atoms with E-state index in [9.17, 15) is 0 Å². The molecule has 1 aromatic rings. The van der Waals surface area contributed by atoms with Crippen LogP contribution in [0.25, 0.3) is 0 Å². The Labute approximate surface area is 116 Å². The van der Waals surface area contributed by atoms with Crippen molar-refractivity contribution in [2.45, 2.75) is 26.4 Å². The predicted molar refractivity (Wildman–Crippen MR) is 76.0 cm³/mol. The van der Waals surface area contributed by atoms with Gasteiger partial charge in [0.25, 0.3) is 0 Å². The highest BCUT2D eigenvalue weighted by atomic mass is 16.5. The lowest BCUT2D eigenvalue weighted by molar-refractivity contribution is 0.0324. The normalized spacial score (nSPS) is 9.84. The van der Waals surface area contributed by atoms with Gasteiger partial charge >= 0.3 is 0 Å². The van der Waals surface area contributed by atoms with Gasteiger partial charge in [-0.25, -0.2) is 0 Å². The summed E-state index contributed by atoms with van der Waals surface area (Å²) in [5, 5.41) is 16.9. The Kier molecular flexibility index (Phi) is 14.4. The minimum atomic E-state index is 0.0922. The molecule has 0 radical (unpaired) electrons. The standard InChI is InChI=1S/C8H18O3.C7H8O/c1-2-3-5-10-7-8-11-6-4-9;8-6-7-4-2-1-3-5-7/h9H,2-8H2,1H3;1-5,8H,6H2. The zero-order chi connectivity index (χ0) is 14.2. The molecule has 2 N–H and O–H groups in total. The van der Waals surface area contributed by atoms with Gasteiger partial charge in [-0.05, 0) is 12.0 Å². The van der Waals surface area contributed by atoms with Gasteiger partial charge in [0.15, 0.2) is 0 Å². The number of ether oxygens (including phenoxy) is 2. The van der Waals surface area contributed by atoms with Crippen LogP contribution in [0, 0.1) is 0 Å². The van der Waals surface area contributed by atoms with E-state index in [1.807, 2.05) is 30.3 Å². The molecule has 0 aliphatic carbocycles. The highest BCUT2D eigenvalue weighted by Gasteiger charge is 1.87. The molecule has 19 heavy (non-hydrogen) atoms. The number of rotatable bonds is 9. The Morgan fingerprint density at radius 1 is 0.895 bits per heavy atom. The molecule has 1 rings (SSSR count). The third-order valence-corrected chi connectivity index (χ3v) is 2.28. The van der Waals surface area contributed by atoms with Crippen molar-refractivity contribution in [2.75, 3.05) is 33.0 Å². The average Bonchev–Trinajstić information content (AvgIpc) is 2.48. The van der Waals surface area contributed by atoms with Crippen LogP contribution in [0.2, 0.25) is 0 Å². The van der Waals surface area contributed by atoms with Gasteiger partial charge in [0.1, 0.15) is 0 Å². The summed E-state index contributed by atoms with van der Waals surface area (Å²) in [5.74, 6) is 0. The van der Waals surface area contributed by atoms with Crippen LogP contribution in [0.5, 0.6) is 0 Å². The molecule has 110 valence electrons. The molecule has 0 aromatic heterocycles. The summed E-state index contributed by atoms with van der Waals surface area (Å²) < 4.78 is 10.2. The van der Waals surface area contributed by atoms with Crippen LogP contribution in [-0.2, 0) is 16.1 Å². The molecule has 0 saturated carbocycles. The summed E-state index contributed by atoms with van der Waals surface area (Å²) in [5.41, 5.74) is 0.965. The monoisotopic (exact) mass is 270 g/mol. The van der Waals surface area contributed by atoms with Gasteiger partial charge in [-0.15, -0.1) is 0 Å². The van der Waals surface area contributed by atoms with Crippen LogP contribution in [-0.4, -0.2) is 43.2 Å². The average molecular weight is 270 g/mol. The second-order valence-corrected chi connectivity index (χ2v) is 3.95. The predicted octanol–water partition coefficient (Wildman–Crippen LogP) is 1.99. The summed E-state index contributed by atoms with van der Waals surface area (Å²) >= 11 is 0. The van der Waals surface area contributed by atoms with Crippen molar-refractivity contribution in [3.8, 4) is 0 Å². The fourth-order valence-corrected chi connectivity index (χ4v) is 1.22. The van der Waals surface area contributed by atoms with Gasteiger partial charge < -0.3 is 19.7 Å². The van der Waals surface area contributed by atoms with Gasteiger partial charge in [0, 0.05) is 6.61 Å². The molecule has 4 nitrogen and oxygen atoms in total. The van der Waals surface area contributed by atoms with E-state index in [0.717, 1.165) is 25.0 Å². The van der Waals surface area contributed by atoms with E-state index < -0.39 is 0 Å². The van der Waals surface area contributed by atoms with Crippen molar-refractivity contribution in [1.82, 2.24) is 0 Å². The highest BCUT2D eigenvalue weighted by Crippen LogP contribution is 1.95. The van der Waals surface area contributed by atoms with Crippen LogP contribution in [0.15, 0.2) is 30.3 Å². The fourth-order valence-electron chi connectivity index (χ4n) is 1.22. The van der Waals surface area contributed by atoms with E-state index in [0.29, 0.717) is 19.8 Å². The molecule has 4 heteroatoms. The SMILES string of the molecule is CCCCOCCOCCO.OCc1ccccc1. The molecule has 0 unspecified atom stereocenters. The number of aliphatic hydroxyl groups is 2. The topological polar surface area (TPSA) is 58.9 Å². The van der Waals surface area contributed by atoms with Gasteiger partial charge in [0.2, 0.25) is 0 Å². The van der Waals surface area contributed by atoms with E-state index in [4.69, 9.17) is 19.7 Å². The molecule has 0 amide bonds. The lowest BCUT2D eigenvalue weighted by Crippen LogP contribution is -2.07. The minimum Gasteiger partial charge on any atom is -0.394 e. The van der Waals surface area contributed by atoms with Crippen molar-refractivity contribution < 1.29 is 19.7 Å². The lowest BCUT2D eigenvalue weighted by Gasteiger charge is -2.02. The van der Waals surface area contributed by atoms with Crippen molar-refractivity contribution in [2.24, 2.45) is 0 Å². The molecule has 0 fully saturated rings. The molecular formula is C15H26O4. The van der Waals surface area contributed by atoms with Gasteiger partial charge in [0.05, 0.1) is 33.0 Å². The van der Waals surface area contributed by atoms with E-state index in [2.05, 4.69) is 6.92 Å². The molecule has 1 aromatic carbocycles. The largest absolute Gasteiger partial charge is 0.394 e. The van der Waals surface area contributed by atoms with Crippen LogP contribution in [0.1, 0.15) is 25.3 Å². The summed E-state index contributed by atoms with van der Waals surface area (Å²) in [6.07, 6.45) is 2.28. The Balaban J connectivity index is 0.000000356. The highest BCUT2D eigenvalue weighted by molar-refractivity contribution is 5.12. The Hall–Kier alpha value is -0.940. The van der Waals surface area contributed by atoms with Crippen LogP contribution < -0.4 is 0 Å². The fraction of sp³-hybridized carbons (Fsp3) is 0.600. The molecule has 0 spiro atoms. The molecule has 0 heterocycles. The molecule has 0 atom stereocenters. The first-order chi connectivity index (χ1) is 9.35. The summed E-state index contributed by atoms with van der Waals surface area (Å²) in [6.45, 7) is 4.82. The van der Waals surface area contributed by atoms with Crippen LogP contribution >= 0.6 is 0 Å². The second kappa shape index (κ2) is 15.1. The summed E-state index contributed by atoms with van der Waals surface area (Å²) in [7, 11) is 0. The maximum atomic E-state index is 8.54. The van der Waals surface area contributed by atoms with Crippen molar-refractivity contribution in [3.63, 3.8) is 0 Å². The number of unbranched alkanes of at least 4 members (excludes halogenated alkanes) is 1. The number of hydrogen-bond donors (Lipinski definition) is 2. The first kappa shape index (κ1) is 18.1. The maximum absolute atomic E-state index is 8.54. The zero-order valence-corrected chi connectivity index (χ0v) is 11.8. The van der Waals surface area contributed by atoms with Crippen LogP contribution in [0.4, 0.5) is 0 Å². The molecule has 0 aliphatic rings. The van der Waals surface area contributed by atoms with E-state index >= 15 is 0 Å². The van der Waals surface area contributed by atoms with Crippen LogP contribution in [0.3, 0.4) is 0 Å². The van der Waals surface area contributed by atoms with E-state index in [1.54, 1.807) is 0 Å². The van der Waals surface area contributed by atoms with Gasteiger partial charge in [-0.2, -0.15) is 0 Å². The van der Waals surface area contributed by atoms with Crippen molar-refractivity contribution in [3.05, 3.63) is 35.9 Å². The number of hydrogen-bond acceptors (Lipinski definition) is 4. The van der Waals surface area contributed by atoms with Crippen molar-refractivity contribution >= 4 is 0 Å². The molecule has 0 bridgehead atoms. The van der Waals surface area contributed by atoms with Gasteiger partial charge in [-0.1, -0.05) is 43.7 Å². The van der Waals surface area contributed by atoms with Crippen molar-refractivity contribution in [1.29, 1.82) is 0 Å². The third-order valence-electron chi connectivity index (χ3n) is 2.28. The smallest absolute Gasteiger partial charge is 0.0701 e. The minimum absolute atomic E-state index is 0.0922. The summed E-state index contributed by atoms with van der Waals surface area (Å²) in [4.78, 5) is 0. The van der Waals surface area contributed by atoms with E-state index in [1.165, 1.54) is 0 Å². The number of benzene rings is 1. The first-order valence-electron chi connectivity index (χ1n) is 6.76. The Morgan fingerprint density at radius 2 is 1.53 bits per heavy atom. The molecular weight excluding hydrogens is 244 g/mol. The Morgan fingerprint density at radius 3 is 2.00 bits per heavy atom. The quantitative estimate of drug-likeness (QED) is 0.674. The summed E-state index contributed by atoms with van der Waals surface area (Å²) in [6, 6.07) is 9.52. The first-order valence-corrected chi connectivity index (χ1v) is 6.76. The van der Waals surface area contributed by atoms with E-state index in [-0.39, 0.29) is 13.2 Å². The third kappa shape index (κ3) is 13.3. The van der Waals surface area contributed by atoms with Gasteiger partial charge in [-0.3, -0.25) is 0 Å². The second-order valence-electron chi connectivity index (χ2n) is 3.95. The Bertz CT molecular complexity index is 256. The molecule has 0 aliphatic heterocycles.